The number of benzene rings is 1. The van der Waals surface area contributed by atoms with Crippen LogP contribution in [-0.2, 0) is 4.79 Å². The van der Waals surface area contributed by atoms with E-state index < -0.39 is 0 Å². The van der Waals surface area contributed by atoms with Crippen molar-refractivity contribution in [3.63, 3.8) is 0 Å². The van der Waals surface area contributed by atoms with Crippen molar-refractivity contribution in [1.29, 1.82) is 0 Å². The van der Waals surface area contributed by atoms with Gasteiger partial charge >= 0.3 is 0 Å². The van der Waals surface area contributed by atoms with Crippen LogP contribution in [0.15, 0.2) is 24.3 Å². The highest BCUT2D eigenvalue weighted by Crippen LogP contribution is 2.13. The quantitative estimate of drug-likeness (QED) is 0.812. The van der Waals surface area contributed by atoms with Gasteiger partial charge in [-0.05, 0) is 32.9 Å². The highest BCUT2D eigenvalue weighted by atomic mass is 16.1. The van der Waals surface area contributed by atoms with Gasteiger partial charge in [-0.25, -0.2) is 0 Å². The summed E-state index contributed by atoms with van der Waals surface area (Å²) in [6, 6.07) is 8.52. The predicted octanol–water partition coefficient (Wildman–Crippen LogP) is 2.56. The summed E-state index contributed by atoms with van der Waals surface area (Å²) in [5.41, 5.74) is 2.37. The van der Waals surface area contributed by atoms with Gasteiger partial charge in [-0.2, -0.15) is 0 Å². The number of carbonyl (C=O) groups is 1. The van der Waals surface area contributed by atoms with Gasteiger partial charge in [-0.3, -0.25) is 4.79 Å². The minimum Gasteiger partial charge on any atom is -0.350 e. The molecule has 0 aliphatic rings. The third kappa shape index (κ3) is 4.88. The number of hydrogen-bond donors (Lipinski definition) is 2. The maximum Gasteiger partial charge on any atom is 0.222 e. The fourth-order valence-corrected chi connectivity index (χ4v) is 2.02. The van der Waals surface area contributed by atoms with E-state index in [9.17, 15) is 4.79 Å². The molecule has 0 aliphatic carbocycles. The van der Waals surface area contributed by atoms with Crippen molar-refractivity contribution >= 4 is 5.91 Å². The van der Waals surface area contributed by atoms with E-state index in [2.05, 4.69) is 29.7 Å². The Kier molecular flexibility index (Phi) is 5.86. The van der Waals surface area contributed by atoms with Crippen molar-refractivity contribution in [3.8, 4) is 0 Å². The van der Waals surface area contributed by atoms with Gasteiger partial charge in [-0.15, -0.1) is 0 Å². The molecule has 1 aromatic carbocycles. The highest BCUT2D eigenvalue weighted by Gasteiger charge is 2.12. The van der Waals surface area contributed by atoms with E-state index in [-0.39, 0.29) is 18.0 Å². The molecule has 0 aromatic heterocycles. The Morgan fingerprint density at radius 3 is 2.67 bits per heavy atom. The maximum absolute atomic E-state index is 11.8. The average Bonchev–Trinajstić information content (AvgIpc) is 2.28. The number of hydrogen-bond acceptors (Lipinski definition) is 2. The number of nitrogens with one attached hydrogen (secondary N) is 2. The molecular formula is C15H24N2O. The smallest absolute Gasteiger partial charge is 0.222 e. The van der Waals surface area contributed by atoms with E-state index in [4.69, 9.17) is 0 Å². The van der Waals surface area contributed by atoms with E-state index in [0.717, 1.165) is 12.1 Å². The lowest BCUT2D eigenvalue weighted by Crippen LogP contribution is -2.34. The van der Waals surface area contributed by atoms with Gasteiger partial charge in [0.2, 0.25) is 5.91 Å². The van der Waals surface area contributed by atoms with Crippen molar-refractivity contribution < 1.29 is 4.79 Å². The Bertz CT molecular complexity index is 390. The van der Waals surface area contributed by atoms with Crippen LogP contribution in [0, 0.1) is 6.92 Å². The van der Waals surface area contributed by atoms with E-state index in [1.54, 1.807) is 0 Å². The largest absolute Gasteiger partial charge is 0.350 e. The second kappa shape index (κ2) is 7.17. The molecule has 3 heteroatoms. The van der Waals surface area contributed by atoms with E-state index >= 15 is 0 Å². The lowest BCUT2D eigenvalue weighted by molar-refractivity contribution is -0.122. The minimum absolute atomic E-state index is 0.0613. The molecule has 2 atom stereocenters. The standard InChI is InChI=1S/C15H24N2O/c1-5-16-12(3)10-15(18)17-13(4)14-8-6-7-11(2)9-14/h6-9,12-13,16H,5,10H2,1-4H3,(H,17,18)/t12?,13-/m0/s1. The van der Waals surface area contributed by atoms with Crippen LogP contribution in [0.2, 0.25) is 0 Å². The van der Waals surface area contributed by atoms with Gasteiger partial charge in [0.05, 0.1) is 6.04 Å². The third-order valence-corrected chi connectivity index (χ3v) is 2.96. The molecule has 1 aromatic rings. The zero-order chi connectivity index (χ0) is 13.5. The maximum atomic E-state index is 11.8. The molecule has 0 spiro atoms. The second-order valence-electron chi connectivity index (χ2n) is 4.87. The summed E-state index contributed by atoms with van der Waals surface area (Å²) < 4.78 is 0. The van der Waals surface area contributed by atoms with Crippen LogP contribution in [-0.4, -0.2) is 18.5 Å². The second-order valence-corrected chi connectivity index (χ2v) is 4.87. The summed E-state index contributed by atoms with van der Waals surface area (Å²) in [4.78, 5) is 11.8. The van der Waals surface area contributed by atoms with Crippen LogP contribution in [0.4, 0.5) is 0 Å². The van der Waals surface area contributed by atoms with Crippen molar-refractivity contribution in [1.82, 2.24) is 10.6 Å². The molecule has 0 saturated heterocycles. The third-order valence-electron chi connectivity index (χ3n) is 2.96. The topological polar surface area (TPSA) is 41.1 Å². The Morgan fingerprint density at radius 2 is 2.06 bits per heavy atom. The van der Waals surface area contributed by atoms with Gasteiger partial charge in [0.25, 0.3) is 0 Å². The van der Waals surface area contributed by atoms with Gasteiger partial charge in [0.15, 0.2) is 0 Å². The van der Waals surface area contributed by atoms with E-state index in [1.807, 2.05) is 32.9 Å². The van der Waals surface area contributed by atoms with Crippen LogP contribution in [0.3, 0.4) is 0 Å². The van der Waals surface area contributed by atoms with Crippen molar-refractivity contribution in [2.75, 3.05) is 6.54 Å². The lowest BCUT2D eigenvalue weighted by Gasteiger charge is -2.17. The summed E-state index contributed by atoms with van der Waals surface area (Å²) >= 11 is 0. The van der Waals surface area contributed by atoms with Crippen LogP contribution in [0.1, 0.15) is 44.4 Å². The molecule has 2 N–H and O–H groups in total. The Hall–Kier alpha value is -1.35. The van der Waals surface area contributed by atoms with Gasteiger partial charge in [0.1, 0.15) is 0 Å². The molecule has 1 amide bonds. The first-order valence-electron chi connectivity index (χ1n) is 6.62. The number of aryl methyl sites for hydroxylation is 1. The summed E-state index contributed by atoms with van der Waals surface area (Å²) in [6.45, 7) is 9.04. The van der Waals surface area contributed by atoms with E-state index in [1.165, 1.54) is 5.56 Å². The zero-order valence-corrected chi connectivity index (χ0v) is 11.8. The van der Waals surface area contributed by atoms with Gasteiger partial charge in [-0.1, -0.05) is 36.8 Å². The summed E-state index contributed by atoms with van der Waals surface area (Å²) in [6.07, 6.45) is 0.518. The first kappa shape index (κ1) is 14.7. The Labute approximate surface area is 110 Å². The van der Waals surface area contributed by atoms with Crippen LogP contribution >= 0.6 is 0 Å². The number of rotatable bonds is 6. The molecule has 0 fully saturated rings. The Balaban J connectivity index is 2.49. The fourth-order valence-electron chi connectivity index (χ4n) is 2.02. The van der Waals surface area contributed by atoms with Crippen molar-refractivity contribution in [3.05, 3.63) is 35.4 Å². The summed E-state index contributed by atoms with van der Waals surface area (Å²) in [5, 5.41) is 6.27. The van der Waals surface area contributed by atoms with Crippen molar-refractivity contribution in [2.24, 2.45) is 0 Å². The molecular weight excluding hydrogens is 224 g/mol. The predicted molar refractivity (Wildman–Crippen MR) is 75.5 cm³/mol. The highest BCUT2D eigenvalue weighted by molar-refractivity contribution is 5.77. The molecule has 0 aliphatic heterocycles. The lowest BCUT2D eigenvalue weighted by atomic mass is 10.1. The molecule has 1 unspecified atom stereocenters. The SMILES string of the molecule is CCNC(C)CC(=O)N[C@@H](C)c1cccc(C)c1. The molecule has 0 heterocycles. The molecule has 0 saturated carbocycles. The van der Waals surface area contributed by atoms with Gasteiger partial charge in [0, 0.05) is 12.5 Å². The normalized spacial score (nSPS) is 14.0. The Morgan fingerprint density at radius 1 is 1.33 bits per heavy atom. The minimum atomic E-state index is 0.0613. The van der Waals surface area contributed by atoms with Gasteiger partial charge < -0.3 is 10.6 Å². The molecule has 100 valence electrons. The first-order valence-corrected chi connectivity index (χ1v) is 6.62. The van der Waals surface area contributed by atoms with Crippen LogP contribution < -0.4 is 10.6 Å². The van der Waals surface area contributed by atoms with Crippen molar-refractivity contribution in [2.45, 2.75) is 46.2 Å². The number of amides is 1. The summed E-state index contributed by atoms with van der Waals surface area (Å²) in [5.74, 6) is 0.0949. The first-order chi connectivity index (χ1) is 8.52. The molecule has 0 radical (unpaired) electrons. The van der Waals surface area contributed by atoms with E-state index in [0.29, 0.717) is 6.42 Å². The van der Waals surface area contributed by atoms with Crippen LogP contribution in [0.5, 0.6) is 0 Å². The zero-order valence-electron chi connectivity index (χ0n) is 11.8. The number of carbonyl (C=O) groups excluding carboxylic acids is 1. The van der Waals surface area contributed by atoms with Crippen LogP contribution in [0.25, 0.3) is 0 Å². The molecule has 18 heavy (non-hydrogen) atoms. The molecule has 3 nitrogen and oxygen atoms in total. The monoisotopic (exact) mass is 248 g/mol. The molecule has 1 rings (SSSR count). The molecule has 0 bridgehead atoms. The summed E-state index contributed by atoms with van der Waals surface area (Å²) in [7, 11) is 0. The fraction of sp³-hybridized carbons (Fsp3) is 0.533. The average molecular weight is 248 g/mol.